The van der Waals surface area contributed by atoms with Gasteiger partial charge in [-0.15, -0.1) is 0 Å². The third kappa shape index (κ3) is 11.6. The number of aliphatic hydroxyl groups is 1. The van der Waals surface area contributed by atoms with E-state index in [9.17, 15) is 5.11 Å². The molecule has 232 valence electrons. The quantitative estimate of drug-likeness (QED) is 0.131. The van der Waals surface area contributed by atoms with Gasteiger partial charge in [0.05, 0.1) is 33.0 Å². The zero-order valence-electron chi connectivity index (χ0n) is 25.2. The molecular formula is C36H46O7. The number of ether oxygens (including phenoxy) is 6. The minimum absolute atomic E-state index is 0.260. The van der Waals surface area contributed by atoms with Crippen LogP contribution in [0, 0.1) is 0 Å². The van der Waals surface area contributed by atoms with E-state index in [-0.39, 0.29) is 6.61 Å². The number of aliphatic hydroxyl groups excluding tert-OH is 1. The number of hydrogen-bond donors (Lipinski definition) is 1. The van der Waals surface area contributed by atoms with Crippen LogP contribution in [0.15, 0.2) is 103 Å². The summed E-state index contributed by atoms with van der Waals surface area (Å²) in [5.41, 5.74) is 3.10. The van der Waals surface area contributed by atoms with Gasteiger partial charge in [-0.05, 0) is 42.4 Å². The Balaban J connectivity index is 1.43. The van der Waals surface area contributed by atoms with Crippen molar-refractivity contribution < 1.29 is 33.5 Å². The van der Waals surface area contributed by atoms with Crippen LogP contribution in [-0.2, 0) is 48.2 Å². The predicted octanol–water partition coefficient (Wildman–Crippen LogP) is 6.24. The lowest BCUT2D eigenvalue weighted by Crippen LogP contribution is -2.61. The molecule has 2 unspecified atom stereocenters. The average Bonchev–Trinajstić information content (AvgIpc) is 3.05. The molecule has 43 heavy (non-hydrogen) atoms. The van der Waals surface area contributed by atoms with Crippen LogP contribution in [0.4, 0.5) is 0 Å². The van der Waals surface area contributed by atoms with Crippen molar-refractivity contribution >= 4 is 0 Å². The fraction of sp³-hybridized carbons (Fsp3) is 0.444. The Labute approximate surface area is 256 Å². The van der Waals surface area contributed by atoms with E-state index in [4.69, 9.17) is 28.4 Å². The van der Waals surface area contributed by atoms with E-state index >= 15 is 0 Å². The lowest BCUT2D eigenvalue weighted by molar-refractivity contribution is -0.319. The van der Waals surface area contributed by atoms with Crippen molar-refractivity contribution in [1.82, 2.24) is 0 Å². The Hall–Kier alpha value is -2.88. The monoisotopic (exact) mass is 590 g/mol. The Morgan fingerprint density at radius 2 is 1.16 bits per heavy atom. The largest absolute Gasteiger partial charge is 0.385 e. The Kier molecular flexibility index (Phi) is 14.9. The van der Waals surface area contributed by atoms with Gasteiger partial charge in [0.15, 0.2) is 6.29 Å². The van der Waals surface area contributed by atoms with Crippen molar-refractivity contribution in [2.45, 2.75) is 76.2 Å². The first-order chi connectivity index (χ1) is 21.2. The van der Waals surface area contributed by atoms with Gasteiger partial charge in [0.25, 0.3) is 0 Å². The average molecular weight is 591 g/mol. The maximum absolute atomic E-state index is 11.5. The van der Waals surface area contributed by atoms with Gasteiger partial charge in [0, 0.05) is 13.7 Å². The molecule has 1 N–H and O–H groups in total. The maximum Gasteiger partial charge on any atom is 0.186 e. The standard InChI is InChI=1S/C36H46O7/c1-38-23-15-4-2-3-5-16-24-40-36-33(37)35(42-27-31-21-13-8-14-22-31)34(41-26-30-19-11-7-12-20-30)32(43-36)28-39-25-29-17-9-6-10-18-29/h2-3,6-14,17-22,32-37H,4-5,15-16,23-28H2,1H3/b3-2-/t32?,33?,34-,35-,36+/m1/s1. The lowest BCUT2D eigenvalue weighted by Gasteiger charge is -2.44. The molecule has 1 heterocycles. The van der Waals surface area contributed by atoms with Gasteiger partial charge in [-0.1, -0.05) is 103 Å². The molecule has 0 bridgehead atoms. The van der Waals surface area contributed by atoms with Gasteiger partial charge in [0.1, 0.15) is 24.4 Å². The molecule has 1 fully saturated rings. The molecule has 7 nitrogen and oxygen atoms in total. The predicted molar refractivity (Wildman–Crippen MR) is 166 cm³/mol. The van der Waals surface area contributed by atoms with E-state index in [2.05, 4.69) is 12.2 Å². The smallest absolute Gasteiger partial charge is 0.186 e. The van der Waals surface area contributed by atoms with Crippen molar-refractivity contribution in [3.8, 4) is 0 Å². The third-order valence-electron chi connectivity index (χ3n) is 7.26. The topological polar surface area (TPSA) is 75.6 Å². The summed E-state index contributed by atoms with van der Waals surface area (Å²) in [6, 6.07) is 29.9. The van der Waals surface area contributed by atoms with Crippen LogP contribution in [0.3, 0.4) is 0 Å². The second kappa shape index (κ2) is 19.4. The van der Waals surface area contributed by atoms with Gasteiger partial charge in [-0.3, -0.25) is 0 Å². The highest BCUT2D eigenvalue weighted by Crippen LogP contribution is 2.29. The van der Waals surface area contributed by atoms with Crippen molar-refractivity contribution in [3.63, 3.8) is 0 Å². The van der Waals surface area contributed by atoms with E-state index < -0.39 is 30.7 Å². The molecule has 0 saturated carbocycles. The summed E-state index contributed by atoms with van der Waals surface area (Å²) in [5.74, 6) is 0. The van der Waals surface area contributed by atoms with Crippen LogP contribution in [0.1, 0.15) is 42.4 Å². The second-order valence-corrected chi connectivity index (χ2v) is 10.7. The van der Waals surface area contributed by atoms with Gasteiger partial charge in [-0.2, -0.15) is 0 Å². The SMILES string of the molecule is COCCC/C=C\CCCO[C@H]1OC(COCc2ccccc2)[C@@H](OCc2ccccc2)[C@H](OCc2ccccc2)C1O. The molecule has 4 rings (SSSR count). The highest BCUT2D eigenvalue weighted by molar-refractivity contribution is 5.15. The minimum Gasteiger partial charge on any atom is -0.385 e. The van der Waals surface area contributed by atoms with Crippen LogP contribution >= 0.6 is 0 Å². The van der Waals surface area contributed by atoms with Crippen LogP contribution in [0.5, 0.6) is 0 Å². The van der Waals surface area contributed by atoms with E-state index in [1.807, 2.05) is 91.0 Å². The molecule has 0 amide bonds. The molecule has 1 saturated heterocycles. The number of allylic oxidation sites excluding steroid dienone is 2. The summed E-state index contributed by atoms with van der Waals surface area (Å²) in [4.78, 5) is 0. The summed E-state index contributed by atoms with van der Waals surface area (Å²) in [6.07, 6.45) is 4.35. The normalized spacial score (nSPS) is 22.2. The molecule has 3 aromatic rings. The first-order valence-electron chi connectivity index (χ1n) is 15.3. The summed E-state index contributed by atoms with van der Waals surface area (Å²) in [5, 5.41) is 11.5. The molecule has 0 spiro atoms. The van der Waals surface area contributed by atoms with E-state index in [1.165, 1.54) is 0 Å². The number of benzene rings is 3. The minimum atomic E-state index is -1.04. The van der Waals surface area contributed by atoms with Crippen molar-refractivity contribution in [1.29, 1.82) is 0 Å². The van der Waals surface area contributed by atoms with E-state index in [0.717, 1.165) is 49.0 Å². The number of methoxy groups -OCH3 is 1. The van der Waals surface area contributed by atoms with Crippen LogP contribution < -0.4 is 0 Å². The number of unbranched alkanes of at least 4 members (excludes halogenated alkanes) is 2. The number of hydrogen-bond acceptors (Lipinski definition) is 7. The Morgan fingerprint density at radius 3 is 1.72 bits per heavy atom. The van der Waals surface area contributed by atoms with Crippen LogP contribution in [-0.4, -0.2) is 62.7 Å². The summed E-state index contributed by atoms with van der Waals surface area (Å²) in [6.45, 7) is 2.59. The molecule has 3 aromatic carbocycles. The van der Waals surface area contributed by atoms with Crippen LogP contribution in [0.25, 0.3) is 0 Å². The molecular weight excluding hydrogens is 544 g/mol. The molecule has 7 heteroatoms. The maximum atomic E-state index is 11.5. The highest BCUT2D eigenvalue weighted by Gasteiger charge is 2.47. The first kappa shape index (κ1) is 33.0. The third-order valence-corrected chi connectivity index (χ3v) is 7.26. The fourth-order valence-corrected chi connectivity index (χ4v) is 4.94. The van der Waals surface area contributed by atoms with Crippen molar-refractivity contribution in [2.24, 2.45) is 0 Å². The highest BCUT2D eigenvalue weighted by atomic mass is 16.7. The van der Waals surface area contributed by atoms with E-state index in [1.54, 1.807) is 7.11 Å². The van der Waals surface area contributed by atoms with Gasteiger partial charge in [-0.25, -0.2) is 0 Å². The molecule has 0 aromatic heterocycles. The Morgan fingerprint density at radius 1 is 0.651 bits per heavy atom. The zero-order chi connectivity index (χ0) is 30.0. The molecule has 0 radical (unpaired) electrons. The van der Waals surface area contributed by atoms with Crippen molar-refractivity contribution in [2.75, 3.05) is 26.9 Å². The molecule has 0 aliphatic carbocycles. The lowest BCUT2D eigenvalue weighted by atomic mass is 9.98. The molecule has 1 aliphatic heterocycles. The van der Waals surface area contributed by atoms with E-state index in [0.29, 0.717) is 26.4 Å². The second-order valence-electron chi connectivity index (χ2n) is 10.7. The fourth-order valence-electron chi connectivity index (χ4n) is 4.94. The van der Waals surface area contributed by atoms with Gasteiger partial charge >= 0.3 is 0 Å². The summed E-state index contributed by atoms with van der Waals surface area (Å²) < 4.78 is 36.5. The van der Waals surface area contributed by atoms with Crippen molar-refractivity contribution in [3.05, 3.63) is 120 Å². The summed E-state index contributed by atoms with van der Waals surface area (Å²) >= 11 is 0. The molecule has 1 aliphatic rings. The first-order valence-corrected chi connectivity index (χ1v) is 15.3. The van der Waals surface area contributed by atoms with Gasteiger partial charge in [0.2, 0.25) is 0 Å². The molecule has 5 atom stereocenters. The Bertz CT molecular complexity index is 1140. The van der Waals surface area contributed by atoms with Gasteiger partial charge < -0.3 is 33.5 Å². The number of rotatable bonds is 19. The van der Waals surface area contributed by atoms with Crippen LogP contribution in [0.2, 0.25) is 0 Å². The zero-order valence-corrected chi connectivity index (χ0v) is 25.2. The summed E-state index contributed by atoms with van der Waals surface area (Å²) in [7, 11) is 1.72.